The van der Waals surface area contributed by atoms with Crippen molar-refractivity contribution in [2.45, 2.75) is 6.92 Å². The minimum absolute atomic E-state index is 0.290. The van der Waals surface area contributed by atoms with E-state index in [9.17, 15) is 4.79 Å². The van der Waals surface area contributed by atoms with Gasteiger partial charge in [0.2, 0.25) is 5.88 Å². The summed E-state index contributed by atoms with van der Waals surface area (Å²) in [6.45, 7) is 1.90. The summed E-state index contributed by atoms with van der Waals surface area (Å²) in [7, 11) is 0. The number of halogens is 1. The van der Waals surface area contributed by atoms with Crippen LogP contribution >= 0.6 is 11.6 Å². The predicted molar refractivity (Wildman–Crippen MR) is 99.3 cm³/mol. The summed E-state index contributed by atoms with van der Waals surface area (Å²) < 4.78 is 5.73. The topological polar surface area (TPSA) is 77.2 Å². The van der Waals surface area contributed by atoms with Crippen LogP contribution in [0.25, 0.3) is 0 Å². The van der Waals surface area contributed by atoms with Gasteiger partial charge in [-0.1, -0.05) is 23.7 Å². The van der Waals surface area contributed by atoms with Gasteiger partial charge in [0.1, 0.15) is 5.75 Å². The van der Waals surface area contributed by atoms with Crippen molar-refractivity contribution in [3.63, 3.8) is 0 Å². The normalized spacial score (nSPS) is 10.3. The lowest BCUT2D eigenvalue weighted by atomic mass is 10.1. The van der Waals surface area contributed by atoms with Crippen LogP contribution in [0.3, 0.4) is 0 Å². The number of nitrogens with zero attached hydrogens (tertiary/aromatic N) is 1. The van der Waals surface area contributed by atoms with Gasteiger partial charge in [-0.3, -0.25) is 4.79 Å². The maximum Gasteiger partial charge on any atom is 0.257 e. The number of nitrogen functional groups attached to an aromatic ring is 1. The minimum atomic E-state index is -0.290. The van der Waals surface area contributed by atoms with Crippen molar-refractivity contribution in [2.75, 3.05) is 11.1 Å². The largest absolute Gasteiger partial charge is 0.439 e. The Labute approximate surface area is 150 Å². The number of nitrogens with one attached hydrogen (secondary N) is 1. The Bertz CT molecular complexity index is 911. The Morgan fingerprint density at radius 2 is 1.96 bits per heavy atom. The highest BCUT2D eigenvalue weighted by molar-refractivity contribution is 6.30. The molecule has 0 aliphatic carbocycles. The molecule has 25 heavy (non-hydrogen) atoms. The third kappa shape index (κ3) is 4.08. The van der Waals surface area contributed by atoms with E-state index in [2.05, 4.69) is 10.3 Å². The van der Waals surface area contributed by atoms with E-state index < -0.39 is 0 Å². The van der Waals surface area contributed by atoms with Crippen molar-refractivity contribution in [1.82, 2.24) is 4.98 Å². The number of ether oxygens (including phenoxy) is 1. The van der Waals surface area contributed by atoms with Gasteiger partial charge in [0.15, 0.2) is 0 Å². The van der Waals surface area contributed by atoms with Gasteiger partial charge in [-0.2, -0.15) is 0 Å². The average Bonchev–Trinajstić information content (AvgIpc) is 2.59. The number of amides is 1. The number of aromatic nitrogens is 1. The van der Waals surface area contributed by atoms with E-state index in [1.807, 2.05) is 13.0 Å². The molecule has 0 bridgehead atoms. The van der Waals surface area contributed by atoms with Crippen LogP contribution in [-0.2, 0) is 0 Å². The highest BCUT2D eigenvalue weighted by Gasteiger charge is 2.10. The Balaban J connectivity index is 1.70. The second-order valence-electron chi connectivity index (χ2n) is 5.44. The van der Waals surface area contributed by atoms with Crippen molar-refractivity contribution in [1.29, 1.82) is 0 Å². The van der Waals surface area contributed by atoms with Gasteiger partial charge in [-0.05, 0) is 48.9 Å². The van der Waals surface area contributed by atoms with Crippen molar-refractivity contribution >= 4 is 28.9 Å². The molecule has 1 aromatic heterocycles. The van der Waals surface area contributed by atoms with Crippen molar-refractivity contribution in [3.8, 4) is 11.6 Å². The van der Waals surface area contributed by atoms with Crippen LogP contribution < -0.4 is 15.8 Å². The number of pyridine rings is 1. The number of hydrogen-bond acceptors (Lipinski definition) is 4. The van der Waals surface area contributed by atoms with Crippen molar-refractivity contribution < 1.29 is 9.53 Å². The second-order valence-corrected chi connectivity index (χ2v) is 5.87. The molecule has 0 atom stereocenters. The number of para-hydroxylation sites is 1. The first-order valence-corrected chi connectivity index (χ1v) is 7.96. The van der Waals surface area contributed by atoms with E-state index in [-0.39, 0.29) is 5.91 Å². The first-order valence-electron chi connectivity index (χ1n) is 7.59. The fraction of sp³-hybridized carbons (Fsp3) is 0.0526. The molecular weight excluding hydrogens is 338 g/mol. The molecule has 0 spiro atoms. The Morgan fingerprint density at radius 1 is 1.16 bits per heavy atom. The zero-order valence-electron chi connectivity index (χ0n) is 13.5. The van der Waals surface area contributed by atoms with Crippen LogP contribution in [0.4, 0.5) is 11.4 Å². The lowest BCUT2D eigenvalue weighted by molar-refractivity contribution is 0.102. The molecule has 0 fully saturated rings. The molecule has 0 aliphatic rings. The molecule has 6 heteroatoms. The summed E-state index contributed by atoms with van der Waals surface area (Å²) in [5, 5.41) is 3.40. The van der Waals surface area contributed by atoms with Crippen LogP contribution in [0.15, 0.2) is 60.8 Å². The summed E-state index contributed by atoms with van der Waals surface area (Å²) in [6.07, 6.45) is 1.53. The van der Waals surface area contributed by atoms with Crippen molar-refractivity contribution in [2.24, 2.45) is 0 Å². The summed E-state index contributed by atoms with van der Waals surface area (Å²) >= 11 is 5.93. The van der Waals surface area contributed by atoms with Gasteiger partial charge < -0.3 is 15.8 Å². The number of benzene rings is 2. The Hall–Kier alpha value is -3.05. The zero-order valence-corrected chi connectivity index (χ0v) is 14.2. The zero-order chi connectivity index (χ0) is 17.8. The Kier molecular flexibility index (Phi) is 4.86. The molecule has 1 amide bonds. The van der Waals surface area contributed by atoms with Gasteiger partial charge in [0, 0.05) is 16.8 Å². The summed E-state index contributed by atoms with van der Waals surface area (Å²) in [5.74, 6) is 0.801. The molecular formula is C19H16ClN3O2. The molecule has 0 aliphatic heterocycles. The number of hydrogen-bond donors (Lipinski definition) is 2. The number of carbonyl (C=O) groups excluding carboxylic acids is 1. The molecule has 0 unspecified atom stereocenters. The number of aryl methyl sites for hydroxylation is 1. The molecule has 2 aromatic carbocycles. The SMILES string of the molecule is Cc1cc(Cl)ccc1Oc1ccc(NC(=O)c2ccccc2N)cn1. The molecule has 3 N–H and O–H groups in total. The van der Waals surface area contributed by atoms with Crippen LogP contribution in [0.5, 0.6) is 11.6 Å². The second kappa shape index (κ2) is 7.23. The van der Waals surface area contributed by atoms with E-state index in [1.54, 1.807) is 48.5 Å². The minimum Gasteiger partial charge on any atom is -0.439 e. The fourth-order valence-corrected chi connectivity index (χ4v) is 2.48. The lowest BCUT2D eigenvalue weighted by Crippen LogP contribution is -2.14. The molecule has 1 heterocycles. The monoisotopic (exact) mass is 353 g/mol. The first kappa shape index (κ1) is 16.8. The quantitative estimate of drug-likeness (QED) is 0.668. The smallest absolute Gasteiger partial charge is 0.257 e. The maximum absolute atomic E-state index is 12.2. The van der Waals surface area contributed by atoms with E-state index in [0.717, 1.165) is 5.56 Å². The summed E-state index contributed by atoms with van der Waals surface area (Å²) in [6, 6.07) is 15.6. The standard InChI is InChI=1S/C19H16ClN3O2/c1-12-10-13(20)6-8-17(12)25-18-9-7-14(11-22-18)23-19(24)15-4-2-3-5-16(15)21/h2-11H,21H2,1H3,(H,23,24). The average molecular weight is 354 g/mol. The van der Waals surface area contributed by atoms with Crippen LogP contribution in [0.1, 0.15) is 15.9 Å². The van der Waals surface area contributed by atoms with Gasteiger partial charge in [0.25, 0.3) is 5.91 Å². The highest BCUT2D eigenvalue weighted by atomic mass is 35.5. The predicted octanol–water partition coefficient (Wildman–Crippen LogP) is 4.67. The number of nitrogens with two attached hydrogens (primary N) is 1. The molecule has 0 saturated heterocycles. The molecule has 0 radical (unpaired) electrons. The lowest BCUT2D eigenvalue weighted by Gasteiger charge is -2.10. The van der Waals surface area contributed by atoms with Crippen LogP contribution in [0.2, 0.25) is 5.02 Å². The summed E-state index contributed by atoms with van der Waals surface area (Å²) in [4.78, 5) is 16.4. The van der Waals surface area contributed by atoms with Gasteiger partial charge in [0.05, 0.1) is 17.4 Å². The number of anilines is 2. The Morgan fingerprint density at radius 3 is 2.64 bits per heavy atom. The summed E-state index contributed by atoms with van der Waals surface area (Å²) in [5.41, 5.74) is 8.10. The first-order chi connectivity index (χ1) is 12.0. The van der Waals surface area contributed by atoms with E-state index in [0.29, 0.717) is 33.6 Å². The van der Waals surface area contributed by atoms with E-state index in [4.69, 9.17) is 22.1 Å². The van der Waals surface area contributed by atoms with Crippen LogP contribution in [0, 0.1) is 6.92 Å². The third-order valence-electron chi connectivity index (χ3n) is 3.55. The van der Waals surface area contributed by atoms with Gasteiger partial charge in [-0.15, -0.1) is 0 Å². The van der Waals surface area contributed by atoms with E-state index in [1.165, 1.54) is 6.20 Å². The molecule has 126 valence electrons. The van der Waals surface area contributed by atoms with Crippen LogP contribution in [-0.4, -0.2) is 10.9 Å². The third-order valence-corrected chi connectivity index (χ3v) is 3.79. The molecule has 3 rings (SSSR count). The van der Waals surface area contributed by atoms with Gasteiger partial charge >= 0.3 is 0 Å². The fourth-order valence-electron chi connectivity index (χ4n) is 2.26. The van der Waals surface area contributed by atoms with E-state index >= 15 is 0 Å². The van der Waals surface area contributed by atoms with Gasteiger partial charge in [-0.25, -0.2) is 4.98 Å². The van der Waals surface area contributed by atoms with Crippen molar-refractivity contribution in [3.05, 3.63) is 76.9 Å². The highest BCUT2D eigenvalue weighted by Crippen LogP contribution is 2.26. The number of rotatable bonds is 4. The maximum atomic E-state index is 12.2. The molecule has 0 saturated carbocycles. The number of carbonyl (C=O) groups is 1. The molecule has 5 nitrogen and oxygen atoms in total. The molecule has 3 aromatic rings.